The highest BCUT2D eigenvalue weighted by molar-refractivity contribution is 7.99. The molecule has 0 spiro atoms. The van der Waals surface area contributed by atoms with Crippen LogP contribution in [0.3, 0.4) is 0 Å². The standard InChI is InChI=1S/C25H37ClN2O7S.2C25H37ClN2O6S/c1-12(26)17(23-20(31)19(30)21(32)25(35-23)36-2)28-24(33)18-22-16(10-27-18)9-15(7-8-34-22)14-5-3-13(11-29)4-6-14;2*1-12-4-6-14(7-5-12)15-8-9-33-22-16(10-15)11-27-18(22)24(32)28-17(13(2)26)23-20(30)19(29)21(31)25(34-23)35-3/h3-6,12,15-23,25,27,29-32H,7-11H2,1-2H3,(H,28,33);2*4-7,13,15-23,25,27,29-31H,8-11H2,1-3H3,(H,28,32)/t12-,15-,16-,17+,18-,19+,20?,21+,22+,23+,25?;13-,15+,16-,17+,18-,19+,20?,21+,22+,23+,25?;13-,15-,16-,17+,18-,19+,20?,21+,22+,23+,25?/m000/s1. The summed E-state index contributed by atoms with van der Waals surface area (Å²) in [5.74, 6) is 0.742. The number of hydrogen-bond acceptors (Lipinski definition) is 25. The number of rotatable bonds is 19. The molecule has 9 aliphatic heterocycles. The van der Waals surface area contributed by atoms with Crippen molar-refractivity contribution in [2.45, 2.75) is 258 Å². The number of halogens is 3. The predicted octanol–water partition coefficient (Wildman–Crippen LogP) is 2.57. The fraction of sp³-hybridized carbons (Fsp3) is 0.720. The van der Waals surface area contributed by atoms with Crippen molar-refractivity contribution in [2.24, 2.45) is 17.8 Å². The Morgan fingerprint density at radius 1 is 0.434 bits per heavy atom. The van der Waals surface area contributed by atoms with Gasteiger partial charge in [0.15, 0.2) is 0 Å². The topological polar surface area (TPSA) is 381 Å². The van der Waals surface area contributed by atoms with Crippen molar-refractivity contribution in [3.63, 3.8) is 0 Å². The Hall–Kier alpha value is -2.77. The summed E-state index contributed by atoms with van der Waals surface area (Å²) >= 11 is 22.9. The highest BCUT2D eigenvalue weighted by Gasteiger charge is 2.54. The Bertz CT molecular complexity index is 3120. The molecule has 31 heteroatoms. The van der Waals surface area contributed by atoms with Crippen LogP contribution in [-0.4, -0.2) is 287 Å². The average molecular weight is 1600 g/mol. The van der Waals surface area contributed by atoms with Gasteiger partial charge in [0.05, 0.1) is 59.2 Å². The molecule has 12 rings (SSSR count). The van der Waals surface area contributed by atoms with Crippen LogP contribution in [0, 0.1) is 31.6 Å². The molecule has 0 radical (unpaired) electrons. The molecule has 33 atom stereocenters. The van der Waals surface area contributed by atoms with Crippen LogP contribution in [0.5, 0.6) is 0 Å². The summed E-state index contributed by atoms with van der Waals surface area (Å²) in [6, 6.07) is 21.2. The monoisotopic (exact) mass is 1600 g/mol. The second kappa shape index (κ2) is 39.3. The molecule has 3 aromatic carbocycles. The molecule has 106 heavy (non-hydrogen) atoms. The van der Waals surface area contributed by atoms with Gasteiger partial charge in [0.2, 0.25) is 17.7 Å². The van der Waals surface area contributed by atoms with Gasteiger partial charge in [0, 0.05) is 57.2 Å². The van der Waals surface area contributed by atoms with Crippen LogP contribution in [0.15, 0.2) is 72.8 Å². The van der Waals surface area contributed by atoms with Gasteiger partial charge in [-0.1, -0.05) is 83.9 Å². The molecular formula is C75H111Cl3N6O19S3. The van der Waals surface area contributed by atoms with E-state index in [4.69, 9.17) is 63.2 Å². The van der Waals surface area contributed by atoms with Crippen molar-refractivity contribution in [1.82, 2.24) is 31.9 Å². The van der Waals surface area contributed by atoms with Crippen molar-refractivity contribution in [2.75, 3.05) is 58.2 Å². The van der Waals surface area contributed by atoms with Crippen molar-refractivity contribution < 1.29 is 93.9 Å². The molecule has 9 saturated heterocycles. The third-order valence-electron chi connectivity index (χ3n) is 22.8. The average Bonchev–Trinajstić information content (AvgIpc) is 1.64. The number of aliphatic hydroxyl groups excluding tert-OH is 10. The number of aryl methyl sites for hydroxylation is 2. The van der Waals surface area contributed by atoms with Crippen LogP contribution in [0.1, 0.15) is 110 Å². The van der Waals surface area contributed by atoms with E-state index in [1.807, 2.05) is 12.1 Å². The lowest BCUT2D eigenvalue weighted by Crippen LogP contribution is -2.65. The van der Waals surface area contributed by atoms with Crippen molar-refractivity contribution >= 4 is 87.8 Å². The second-order valence-electron chi connectivity index (χ2n) is 30.0. The quantitative estimate of drug-likeness (QED) is 0.0767. The number of benzene rings is 3. The molecule has 0 saturated carbocycles. The van der Waals surface area contributed by atoms with Crippen molar-refractivity contribution in [3.8, 4) is 0 Å². The minimum atomic E-state index is -1.42. The van der Waals surface area contributed by atoms with E-state index in [0.29, 0.717) is 57.2 Å². The maximum absolute atomic E-state index is 13.4. The van der Waals surface area contributed by atoms with Gasteiger partial charge in [-0.05, 0) is 132 Å². The number of nitrogens with one attached hydrogen (secondary N) is 6. The van der Waals surface area contributed by atoms with E-state index in [1.165, 1.54) is 63.1 Å². The summed E-state index contributed by atoms with van der Waals surface area (Å²) in [5.41, 5.74) is 4.90. The Morgan fingerprint density at radius 3 is 0.943 bits per heavy atom. The predicted molar refractivity (Wildman–Crippen MR) is 408 cm³/mol. The number of carbonyl (C=O) groups excluding carboxylic acids is 3. The summed E-state index contributed by atoms with van der Waals surface area (Å²) in [4.78, 5) is 40.2. The summed E-state index contributed by atoms with van der Waals surface area (Å²) in [5, 5.41) is 120. The van der Waals surface area contributed by atoms with Crippen molar-refractivity contribution in [3.05, 3.63) is 106 Å². The minimum Gasteiger partial charge on any atom is -0.392 e. The van der Waals surface area contributed by atoms with Crippen LogP contribution < -0.4 is 31.9 Å². The number of fused-ring (bicyclic) bond motifs is 3. The van der Waals surface area contributed by atoms with Gasteiger partial charge in [-0.3, -0.25) is 14.4 Å². The van der Waals surface area contributed by atoms with E-state index in [2.05, 4.69) is 106 Å². The van der Waals surface area contributed by atoms with Crippen LogP contribution >= 0.6 is 70.1 Å². The normalized spacial score (nSPS) is 39.1. The summed E-state index contributed by atoms with van der Waals surface area (Å²) in [6.07, 6.45) is -5.31. The number of alkyl halides is 3. The Balaban J connectivity index is 0.000000170. The highest BCUT2D eigenvalue weighted by Crippen LogP contribution is 2.41. The van der Waals surface area contributed by atoms with Gasteiger partial charge in [-0.25, -0.2) is 0 Å². The zero-order chi connectivity index (χ0) is 76.5. The summed E-state index contributed by atoms with van der Waals surface area (Å²) in [6.45, 7) is 12.9. The summed E-state index contributed by atoms with van der Waals surface area (Å²) < 4.78 is 36.2. The van der Waals surface area contributed by atoms with Gasteiger partial charge < -0.3 is 111 Å². The van der Waals surface area contributed by atoms with E-state index in [9.17, 15) is 65.4 Å². The molecule has 9 fully saturated rings. The van der Waals surface area contributed by atoms with E-state index in [-0.39, 0.29) is 60.4 Å². The Labute approximate surface area is 649 Å². The molecule has 16 N–H and O–H groups in total. The largest absolute Gasteiger partial charge is 0.392 e. The number of amides is 3. The molecule has 0 aliphatic carbocycles. The van der Waals surface area contributed by atoms with Crippen LogP contribution in [0.4, 0.5) is 0 Å². The van der Waals surface area contributed by atoms with E-state index in [0.717, 1.165) is 44.1 Å². The molecule has 9 heterocycles. The second-order valence-corrected chi connectivity index (χ2v) is 34.9. The molecular weight excluding hydrogens is 1490 g/mol. The first-order valence-electron chi connectivity index (χ1n) is 37.0. The molecule has 3 amide bonds. The smallest absolute Gasteiger partial charge is 0.240 e. The number of carbonyl (C=O) groups is 3. The number of thioether (sulfide) groups is 3. The third kappa shape index (κ3) is 20.2. The first kappa shape index (κ1) is 85.7. The minimum absolute atomic E-state index is 0.0157. The van der Waals surface area contributed by atoms with E-state index in [1.54, 1.807) is 39.5 Å². The zero-order valence-corrected chi connectivity index (χ0v) is 65.9. The maximum atomic E-state index is 13.4. The molecule has 9 aliphatic rings. The highest BCUT2D eigenvalue weighted by atomic mass is 35.5. The fourth-order valence-corrected chi connectivity index (χ4v) is 19.3. The number of aliphatic hydroxyl groups is 10. The van der Waals surface area contributed by atoms with Crippen LogP contribution in [-0.2, 0) is 49.4 Å². The lowest BCUT2D eigenvalue weighted by Gasteiger charge is -2.44. The maximum Gasteiger partial charge on any atom is 0.240 e. The van der Waals surface area contributed by atoms with Gasteiger partial charge in [0.1, 0.15) is 108 Å². The lowest BCUT2D eigenvalue weighted by atomic mass is 9.85. The number of hydrogen-bond donors (Lipinski definition) is 16. The van der Waals surface area contributed by atoms with Crippen molar-refractivity contribution in [1.29, 1.82) is 0 Å². The molecule has 594 valence electrons. The van der Waals surface area contributed by atoms with E-state index < -0.39 is 142 Å². The molecule has 0 bridgehead atoms. The SMILES string of the molecule is CSC1O[C@H]([C@H](NC(=O)[C@H]2NC[C@@H]3C[C@@H](c4ccc(C)cc4)CCO[C@H]32)[C@H](C)Cl)C(O)[C@@H](O)[C@H]1O.CSC1O[C@H]([C@H](NC(=O)[C@H]2NC[C@@H]3C[C@@H](c4ccc(CO)cc4)CCO[C@H]32)[C@H](C)Cl)C(O)[C@@H](O)[C@H]1O.CSC1O[C@H]([C@H](NC(=O)[C@H]2NC[C@@H]3C[C@H](c4ccc(C)cc4)CCO[C@H]32)[C@H](C)Cl)C(O)[C@@H](O)[C@H]1O. The van der Waals surface area contributed by atoms with Gasteiger partial charge >= 0.3 is 0 Å². The summed E-state index contributed by atoms with van der Waals surface area (Å²) in [7, 11) is 0. The third-order valence-corrected chi connectivity index (χ3v) is 26.2. The first-order chi connectivity index (χ1) is 50.7. The van der Waals surface area contributed by atoms with Gasteiger partial charge in [0.25, 0.3) is 0 Å². The zero-order valence-electron chi connectivity index (χ0n) is 61.2. The number of ether oxygens (including phenoxy) is 6. The molecule has 6 unspecified atom stereocenters. The van der Waals surface area contributed by atoms with Crippen LogP contribution in [0.25, 0.3) is 0 Å². The Kier molecular flexibility index (Phi) is 31.8. The first-order valence-corrected chi connectivity index (χ1v) is 42.2. The lowest BCUT2D eigenvalue weighted by molar-refractivity contribution is -0.205. The van der Waals surface area contributed by atoms with Gasteiger partial charge in [-0.2, -0.15) is 0 Å². The molecule has 25 nitrogen and oxygen atoms in total. The van der Waals surface area contributed by atoms with Crippen LogP contribution in [0.2, 0.25) is 0 Å². The Morgan fingerprint density at radius 2 is 0.698 bits per heavy atom. The van der Waals surface area contributed by atoms with Gasteiger partial charge in [-0.15, -0.1) is 70.1 Å². The van der Waals surface area contributed by atoms with E-state index >= 15 is 0 Å². The fourth-order valence-electron chi connectivity index (χ4n) is 16.6. The molecule has 3 aromatic rings. The molecule has 0 aromatic heterocycles.